The van der Waals surface area contributed by atoms with Crippen LogP contribution in [0.2, 0.25) is 0 Å². The molecule has 0 atom stereocenters. The molecule has 0 bridgehead atoms. The number of rotatable bonds is 3. The summed E-state index contributed by atoms with van der Waals surface area (Å²) in [4.78, 5) is 26.2. The molecule has 2 N–H and O–H groups in total. The fourth-order valence-electron chi connectivity index (χ4n) is 2.12. The Balaban J connectivity index is 2.42. The highest BCUT2D eigenvalue weighted by Gasteiger charge is 2.20. The van der Waals surface area contributed by atoms with E-state index in [1.807, 2.05) is 0 Å². The highest BCUT2D eigenvalue weighted by atomic mass is 127. The molecule has 1 amide bonds. The number of pyridine rings is 1. The van der Waals surface area contributed by atoms with Crippen LogP contribution in [0.4, 0.5) is 4.79 Å². The average Bonchev–Trinajstić information content (AvgIpc) is 2.75. The summed E-state index contributed by atoms with van der Waals surface area (Å²) in [6.45, 7) is 0.202. The first-order valence-electron chi connectivity index (χ1n) is 5.37. The van der Waals surface area contributed by atoms with Crippen LogP contribution in [0.1, 0.15) is 23.2 Å². The number of carbonyl (C=O) groups excluding carboxylic acids is 1. The SMILES string of the molecule is COc1[nH]c2c(c(=O)c1CNC(=O)I)CCC2. The number of halogens is 1. The van der Waals surface area contributed by atoms with Crippen molar-refractivity contribution in [2.24, 2.45) is 0 Å². The van der Waals surface area contributed by atoms with Gasteiger partial charge < -0.3 is 15.0 Å². The van der Waals surface area contributed by atoms with E-state index >= 15 is 0 Å². The van der Waals surface area contributed by atoms with E-state index < -0.39 is 0 Å². The summed E-state index contributed by atoms with van der Waals surface area (Å²) in [7, 11) is 1.52. The van der Waals surface area contributed by atoms with Gasteiger partial charge in [-0.05, 0) is 19.3 Å². The molecule has 0 spiro atoms. The van der Waals surface area contributed by atoms with Crippen molar-refractivity contribution in [1.82, 2.24) is 10.3 Å². The van der Waals surface area contributed by atoms with E-state index in [1.54, 1.807) is 22.6 Å². The van der Waals surface area contributed by atoms with Crippen molar-refractivity contribution in [2.75, 3.05) is 7.11 Å². The molecule has 1 heterocycles. The Morgan fingerprint density at radius 1 is 1.53 bits per heavy atom. The van der Waals surface area contributed by atoms with Gasteiger partial charge in [0.2, 0.25) is 0 Å². The van der Waals surface area contributed by atoms with E-state index in [1.165, 1.54) is 7.11 Å². The van der Waals surface area contributed by atoms with Gasteiger partial charge in [0.25, 0.3) is 3.91 Å². The zero-order valence-electron chi connectivity index (χ0n) is 9.43. The first-order valence-corrected chi connectivity index (χ1v) is 6.45. The lowest BCUT2D eigenvalue weighted by atomic mass is 10.1. The standard InChI is InChI=1S/C11H13IN2O3/c1-17-10-7(5-13-11(12)16)9(15)6-3-2-4-8(6)14-10/h2-5H2,1H3,(H,13,16)(H,14,15). The maximum atomic E-state index is 12.2. The number of aromatic amines is 1. The summed E-state index contributed by atoms with van der Waals surface area (Å²) in [5.41, 5.74) is 2.30. The van der Waals surface area contributed by atoms with Crippen LogP contribution in [0.3, 0.4) is 0 Å². The lowest BCUT2D eigenvalue weighted by Crippen LogP contribution is -2.24. The van der Waals surface area contributed by atoms with Crippen LogP contribution in [0.5, 0.6) is 5.88 Å². The minimum absolute atomic E-state index is 0.00162. The quantitative estimate of drug-likeness (QED) is 0.494. The molecule has 92 valence electrons. The molecule has 1 aromatic heterocycles. The van der Waals surface area contributed by atoms with Gasteiger partial charge >= 0.3 is 0 Å². The molecule has 17 heavy (non-hydrogen) atoms. The Labute approximate surface area is 112 Å². The van der Waals surface area contributed by atoms with Crippen molar-refractivity contribution in [2.45, 2.75) is 25.8 Å². The van der Waals surface area contributed by atoms with Crippen LogP contribution in [0.15, 0.2) is 4.79 Å². The Bertz CT molecular complexity index is 510. The van der Waals surface area contributed by atoms with Crippen molar-refractivity contribution in [3.05, 3.63) is 27.0 Å². The number of nitrogens with one attached hydrogen (secondary N) is 2. The normalized spacial score (nSPS) is 13.3. The van der Waals surface area contributed by atoms with Gasteiger partial charge in [-0.25, -0.2) is 0 Å². The molecule has 0 fully saturated rings. The third kappa shape index (κ3) is 2.46. The van der Waals surface area contributed by atoms with E-state index in [9.17, 15) is 9.59 Å². The fourth-order valence-corrected chi connectivity index (χ4v) is 2.31. The molecule has 0 saturated carbocycles. The monoisotopic (exact) mass is 348 g/mol. The zero-order chi connectivity index (χ0) is 12.4. The molecule has 6 heteroatoms. The van der Waals surface area contributed by atoms with Gasteiger partial charge in [-0.3, -0.25) is 9.59 Å². The number of H-pyrrole nitrogens is 1. The number of aromatic nitrogens is 1. The molecule has 2 rings (SSSR count). The fraction of sp³-hybridized carbons (Fsp3) is 0.455. The topological polar surface area (TPSA) is 71.2 Å². The van der Waals surface area contributed by atoms with Crippen LogP contribution in [0, 0.1) is 0 Å². The minimum Gasteiger partial charge on any atom is -0.482 e. The van der Waals surface area contributed by atoms with Crippen molar-refractivity contribution in [3.63, 3.8) is 0 Å². The molecular weight excluding hydrogens is 335 g/mol. The molecule has 5 nitrogen and oxygen atoms in total. The molecule has 0 saturated heterocycles. The predicted molar refractivity (Wildman–Crippen MR) is 71.9 cm³/mol. The number of carbonyl (C=O) groups is 1. The molecule has 1 aliphatic carbocycles. The van der Waals surface area contributed by atoms with Gasteiger partial charge in [0.05, 0.1) is 19.2 Å². The largest absolute Gasteiger partial charge is 0.482 e. The van der Waals surface area contributed by atoms with Crippen molar-refractivity contribution < 1.29 is 9.53 Å². The molecule has 0 aromatic carbocycles. The van der Waals surface area contributed by atoms with Crippen LogP contribution in [-0.4, -0.2) is 16.0 Å². The number of methoxy groups -OCH3 is 1. The van der Waals surface area contributed by atoms with Gasteiger partial charge in [-0.2, -0.15) is 0 Å². The van der Waals surface area contributed by atoms with Gasteiger partial charge in [-0.15, -0.1) is 0 Å². The molecule has 1 aromatic rings. The number of hydrogen-bond donors (Lipinski definition) is 2. The summed E-state index contributed by atoms with van der Waals surface area (Å²) in [6.07, 6.45) is 2.69. The van der Waals surface area contributed by atoms with E-state index in [0.717, 1.165) is 30.5 Å². The van der Waals surface area contributed by atoms with Crippen LogP contribution >= 0.6 is 22.6 Å². The average molecular weight is 348 g/mol. The highest BCUT2D eigenvalue weighted by Crippen LogP contribution is 2.22. The van der Waals surface area contributed by atoms with Crippen LogP contribution < -0.4 is 15.5 Å². The summed E-state index contributed by atoms with van der Waals surface area (Å²) >= 11 is 1.64. The van der Waals surface area contributed by atoms with Gasteiger partial charge in [0.1, 0.15) is 0 Å². The van der Waals surface area contributed by atoms with Crippen molar-refractivity contribution in [3.8, 4) is 5.88 Å². The van der Waals surface area contributed by atoms with Gasteiger partial charge in [0, 0.05) is 33.8 Å². The highest BCUT2D eigenvalue weighted by molar-refractivity contribution is 14.1. The maximum Gasteiger partial charge on any atom is 0.280 e. The summed E-state index contributed by atoms with van der Waals surface area (Å²) < 4.78 is 4.98. The first-order chi connectivity index (χ1) is 8.13. The van der Waals surface area contributed by atoms with E-state index in [0.29, 0.717) is 11.4 Å². The second kappa shape index (κ2) is 5.07. The van der Waals surface area contributed by atoms with Gasteiger partial charge in [-0.1, -0.05) is 0 Å². The van der Waals surface area contributed by atoms with Crippen molar-refractivity contribution >= 4 is 26.5 Å². The second-order valence-electron chi connectivity index (χ2n) is 3.90. The Morgan fingerprint density at radius 2 is 2.29 bits per heavy atom. The lowest BCUT2D eigenvalue weighted by Gasteiger charge is -2.10. The number of aryl methyl sites for hydroxylation is 1. The van der Waals surface area contributed by atoms with E-state index in [4.69, 9.17) is 4.74 Å². The van der Waals surface area contributed by atoms with Crippen molar-refractivity contribution in [1.29, 1.82) is 0 Å². The number of amides is 1. The Morgan fingerprint density at radius 3 is 2.94 bits per heavy atom. The molecule has 1 aliphatic rings. The van der Waals surface area contributed by atoms with E-state index in [-0.39, 0.29) is 15.9 Å². The van der Waals surface area contributed by atoms with Crippen LogP contribution in [0.25, 0.3) is 0 Å². The zero-order valence-corrected chi connectivity index (χ0v) is 11.6. The summed E-state index contributed by atoms with van der Waals surface area (Å²) in [5.74, 6) is 0.459. The third-order valence-corrected chi connectivity index (χ3v) is 3.29. The minimum atomic E-state index is -0.190. The molecule has 0 unspecified atom stereocenters. The predicted octanol–water partition coefficient (Wildman–Crippen LogP) is 1.52. The third-order valence-electron chi connectivity index (χ3n) is 2.91. The Kier molecular flexibility index (Phi) is 3.70. The lowest BCUT2D eigenvalue weighted by molar-refractivity contribution is 0.262. The van der Waals surface area contributed by atoms with Crippen LogP contribution in [-0.2, 0) is 19.4 Å². The number of fused-ring (bicyclic) bond motifs is 1. The molecule has 0 aliphatic heterocycles. The molecule has 0 radical (unpaired) electrons. The summed E-state index contributed by atoms with van der Waals surface area (Å²) in [6, 6.07) is 0. The maximum absolute atomic E-state index is 12.2. The second-order valence-corrected chi connectivity index (χ2v) is 4.88. The smallest absolute Gasteiger partial charge is 0.280 e. The van der Waals surface area contributed by atoms with E-state index in [2.05, 4.69) is 10.3 Å². The number of ether oxygens (including phenoxy) is 1. The number of hydrogen-bond acceptors (Lipinski definition) is 3. The Hall–Kier alpha value is -1.05. The summed E-state index contributed by atoms with van der Waals surface area (Å²) in [5, 5.41) is 2.62. The molecular formula is C11H13IN2O3. The first kappa shape index (κ1) is 12.4. The van der Waals surface area contributed by atoms with Gasteiger partial charge in [0.15, 0.2) is 11.3 Å².